The van der Waals surface area contributed by atoms with Crippen LogP contribution in [0.1, 0.15) is 30.2 Å². The molecule has 0 aliphatic rings. The van der Waals surface area contributed by atoms with Crippen molar-refractivity contribution in [2.45, 2.75) is 26.8 Å². The average molecular weight is 239 g/mol. The summed E-state index contributed by atoms with van der Waals surface area (Å²) in [5, 5.41) is 4.42. The summed E-state index contributed by atoms with van der Waals surface area (Å²) >= 11 is 0. The third-order valence-electron chi connectivity index (χ3n) is 2.63. The van der Waals surface area contributed by atoms with E-state index >= 15 is 0 Å². The number of benzene rings is 1. The molecule has 0 amide bonds. The van der Waals surface area contributed by atoms with Crippen molar-refractivity contribution in [3.05, 3.63) is 47.3 Å². The molecule has 0 fully saturated rings. The van der Waals surface area contributed by atoms with Gasteiger partial charge in [-0.25, -0.2) is 0 Å². The monoisotopic (exact) mass is 239 g/mol. The molecule has 3 nitrogen and oxygen atoms in total. The minimum atomic E-state index is 0.736. The van der Waals surface area contributed by atoms with Crippen LogP contribution < -0.4 is 5.73 Å². The zero-order valence-electron chi connectivity index (χ0n) is 10.8. The molecule has 92 valence electrons. The molecule has 18 heavy (non-hydrogen) atoms. The van der Waals surface area contributed by atoms with Gasteiger partial charge in [-0.2, -0.15) is 5.10 Å². The van der Waals surface area contributed by atoms with E-state index in [4.69, 9.17) is 5.73 Å². The van der Waals surface area contributed by atoms with E-state index in [1.165, 1.54) is 0 Å². The van der Waals surface area contributed by atoms with Crippen LogP contribution in [0.2, 0.25) is 0 Å². The Balaban J connectivity index is 2.24. The molecule has 2 rings (SSSR count). The summed E-state index contributed by atoms with van der Waals surface area (Å²) in [6, 6.07) is 7.59. The van der Waals surface area contributed by atoms with E-state index in [1.54, 1.807) is 0 Å². The molecule has 0 radical (unpaired) electrons. The molecule has 2 aromatic rings. The first-order chi connectivity index (χ1) is 8.69. The second kappa shape index (κ2) is 5.42. The fourth-order valence-electron chi connectivity index (χ4n) is 1.74. The summed E-state index contributed by atoms with van der Waals surface area (Å²) in [5.74, 6) is 6.26. The Morgan fingerprint density at radius 1 is 1.33 bits per heavy atom. The van der Waals surface area contributed by atoms with Gasteiger partial charge in [-0.3, -0.25) is 4.68 Å². The summed E-state index contributed by atoms with van der Waals surface area (Å²) in [5.41, 5.74) is 9.33. The maximum absolute atomic E-state index is 5.72. The molecule has 0 unspecified atom stereocenters. The maximum atomic E-state index is 5.72. The quantitative estimate of drug-likeness (QED) is 0.646. The summed E-state index contributed by atoms with van der Waals surface area (Å²) < 4.78 is 1.94. The van der Waals surface area contributed by atoms with Crippen LogP contribution in [-0.4, -0.2) is 9.78 Å². The molecule has 0 atom stereocenters. The van der Waals surface area contributed by atoms with Gasteiger partial charge in [0.05, 0.1) is 11.3 Å². The van der Waals surface area contributed by atoms with Crippen molar-refractivity contribution in [1.29, 1.82) is 0 Å². The van der Waals surface area contributed by atoms with Crippen LogP contribution in [0.4, 0.5) is 5.69 Å². The van der Waals surface area contributed by atoms with Crippen molar-refractivity contribution in [3.8, 4) is 11.8 Å². The van der Waals surface area contributed by atoms with Crippen LogP contribution in [0.15, 0.2) is 30.5 Å². The van der Waals surface area contributed by atoms with Crippen LogP contribution in [-0.2, 0) is 6.54 Å². The second-order valence-electron chi connectivity index (χ2n) is 4.27. The van der Waals surface area contributed by atoms with Gasteiger partial charge < -0.3 is 5.73 Å². The van der Waals surface area contributed by atoms with Gasteiger partial charge in [-0.05, 0) is 31.5 Å². The number of aromatic nitrogens is 2. The van der Waals surface area contributed by atoms with Crippen LogP contribution in [0, 0.1) is 18.8 Å². The number of hydrogen-bond acceptors (Lipinski definition) is 2. The van der Waals surface area contributed by atoms with Gasteiger partial charge in [0, 0.05) is 24.0 Å². The Labute approximate surface area is 108 Å². The third-order valence-corrected chi connectivity index (χ3v) is 2.63. The van der Waals surface area contributed by atoms with Gasteiger partial charge in [-0.15, -0.1) is 0 Å². The first-order valence-corrected chi connectivity index (χ1v) is 6.10. The lowest BCUT2D eigenvalue weighted by Gasteiger charge is -1.93. The summed E-state index contributed by atoms with van der Waals surface area (Å²) in [4.78, 5) is 0. The fraction of sp³-hybridized carbons (Fsp3) is 0.267. The van der Waals surface area contributed by atoms with Gasteiger partial charge in [0.15, 0.2) is 0 Å². The number of anilines is 1. The van der Waals surface area contributed by atoms with E-state index in [2.05, 4.69) is 23.9 Å². The van der Waals surface area contributed by atoms with Crippen molar-refractivity contribution in [3.63, 3.8) is 0 Å². The zero-order chi connectivity index (χ0) is 13.0. The highest BCUT2D eigenvalue weighted by Gasteiger charge is 2.00. The van der Waals surface area contributed by atoms with Gasteiger partial charge in [0.2, 0.25) is 0 Å². The molecule has 0 saturated carbocycles. The summed E-state index contributed by atoms with van der Waals surface area (Å²) in [6.07, 6.45) is 3.07. The molecule has 1 aromatic carbocycles. The first-order valence-electron chi connectivity index (χ1n) is 6.10. The van der Waals surface area contributed by atoms with E-state index < -0.39 is 0 Å². The standard InChI is InChI=1S/C15H17N3/c1-3-9-18-11-14(12(2)17-18)8-7-13-5-4-6-15(16)10-13/h4-6,10-11H,3,9,16H2,1-2H3. The Hall–Kier alpha value is -2.21. The highest BCUT2D eigenvalue weighted by atomic mass is 15.3. The molecule has 0 spiro atoms. The number of aryl methyl sites for hydroxylation is 2. The number of hydrogen-bond donors (Lipinski definition) is 1. The molecule has 0 aliphatic heterocycles. The summed E-state index contributed by atoms with van der Waals surface area (Å²) in [6.45, 7) is 5.05. The Kier molecular flexibility index (Phi) is 3.69. The molecule has 2 N–H and O–H groups in total. The van der Waals surface area contributed by atoms with Crippen LogP contribution >= 0.6 is 0 Å². The van der Waals surface area contributed by atoms with Crippen molar-refractivity contribution in [2.24, 2.45) is 0 Å². The van der Waals surface area contributed by atoms with Crippen molar-refractivity contribution < 1.29 is 0 Å². The van der Waals surface area contributed by atoms with E-state index in [0.717, 1.165) is 35.5 Å². The molecule has 0 saturated heterocycles. The van der Waals surface area contributed by atoms with Gasteiger partial charge in [0.1, 0.15) is 0 Å². The molecular formula is C15H17N3. The SMILES string of the molecule is CCCn1cc(C#Cc2cccc(N)c2)c(C)n1. The number of nitrogen functional groups attached to an aromatic ring is 1. The highest BCUT2D eigenvalue weighted by Crippen LogP contribution is 2.07. The molecule has 0 bridgehead atoms. The minimum Gasteiger partial charge on any atom is -0.399 e. The first kappa shape index (κ1) is 12.3. The Morgan fingerprint density at radius 3 is 2.89 bits per heavy atom. The van der Waals surface area contributed by atoms with Gasteiger partial charge in [0.25, 0.3) is 0 Å². The highest BCUT2D eigenvalue weighted by molar-refractivity contribution is 5.49. The smallest absolute Gasteiger partial charge is 0.0750 e. The van der Waals surface area contributed by atoms with E-state index in [-0.39, 0.29) is 0 Å². The summed E-state index contributed by atoms with van der Waals surface area (Å²) in [7, 11) is 0. The van der Waals surface area contributed by atoms with Gasteiger partial charge in [-0.1, -0.05) is 24.8 Å². The molecular weight excluding hydrogens is 222 g/mol. The lowest BCUT2D eigenvalue weighted by atomic mass is 10.2. The molecule has 1 aromatic heterocycles. The normalized spacial score (nSPS) is 9.89. The van der Waals surface area contributed by atoms with E-state index in [0.29, 0.717) is 0 Å². The van der Waals surface area contributed by atoms with Crippen LogP contribution in [0.3, 0.4) is 0 Å². The predicted molar refractivity (Wildman–Crippen MR) is 74.1 cm³/mol. The van der Waals surface area contributed by atoms with Crippen molar-refractivity contribution in [1.82, 2.24) is 9.78 Å². The number of nitrogens with zero attached hydrogens (tertiary/aromatic N) is 2. The molecule has 1 heterocycles. The largest absolute Gasteiger partial charge is 0.399 e. The van der Waals surface area contributed by atoms with Crippen LogP contribution in [0.25, 0.3) is 0 Å². The average Bonchev–Trinajstić information content (AvgIpc) is 2.68. The molecule has 0 aliphatic carbocycles. The van der Waals surface area contributed by atoms with Crippen molar-refractivity contribution >= 4 is 5.69 Å². The van der Waals surface area contributed by atoms with Crippen LogP contribution in [0.5, 0.6) is 0 Å². The zero-order valence-corrected chi connectivity index (χ0v) is 10.8. The lowest BCUT2D eigenvalue weighted by Crippen LogP contribution is -1.96. The van der Waals surface area contributed by atoms with Gasteiger partial charge >= 0.3 is 0 Å². The Bertz CT molecular complexity index is 600. The fourth-order valence-corrected chi connectivity index (χ4v) is 1.74. The number of nitrogens with two attached hydrogens (primary N) is 1. The third kappa shape index (κ3) is 2.92. The maximum Gasteiger partial charge on any atom is 0.0750 e. The number of rotatable bonds is 2. The van der Waals surface area contributed by atoms with Crippen molar-refractivity contribution in [2.75, 3.05) is 5.73 Å². The predicted octanol–water partition coefficient (Wildman–Crippen LogP) is 2.58. The Morgan fingerprint density at radius 2 is 2.17 bits per heavy atom. The minimum absolute atomic E-state index is 0.736. The second-order valence-corrected chi connectivity index (χ2v) is 4.27. The topological polar surface area (TPSA) is 43.8 Å². The van der Waals surface area contributed by atoms with E-state index in [1.807, 2.05) is 42.1 Å². The molecule has 3 heteroatoms. The lowest BCUT2D eigenvalue weighted by molar-refractivity contribution is 0.598. The van der Waals surface area contributed by atoms with E-state index in [9.17, 15) is 0 Å².